The fourth-order valence-corrected chi connectivity index (χ4v) is 2.87. The van der Waals surface area contributed by atoms with Crippen LogP contribution in [0.3, 0.4) is 0 Å². The molecule has 0 aliphatic heterocycles. The highest BCUT2D eigenvalue weighted by atomic mass is 32.2. The zero-order valence-corrected chi connectivity index (χ0v) is 12.5. The van der Waals surface area contributed by atoms with Crippen molar-refractivity contribution in [3.8, 4) is 5.75 Å². The van der Waals surface area contributed by atoms with Crippen LogP contribution in [-0.4, -0.2) is 21.6 Å². The minimum Gasteiger partial charge on any atom is -0.404 e. The lowest BCUT2D eigenvalue weighted by atomic mass is 10.1. The molecule has 0 bridgehead atoms. The number of ether oxygens (including phenoxy) is 1. The molecule has 0 radical (unpaired) electrons. The van der Waals surface area contributed by atoms with E-state index in [1.165, 1.54) is 12.1 Å². The van der Waals surface area contributed by atoms with Crippen LogP contribution in [-0.2, 0) is 29.8 Å². The number of alkyl halides is 3. The molecule has 1 aromatic rings. The van der Waals surface area contributed by atoms with E-state index in [4.69, 9.17) is 0 Å². The summed E-state index contributed by atoms with van der Waals surface area (Å²) in [6.45, 7) is 0.676. The largest absolute Gasteiger partial charge is 0.573 e. The van der Waals surface area contributed by atoms with E-state index in [9.17, 15) is 26.2 Å². The van der Waals surface area contributed by atoms with Crippen molar-refractivity contribution in [2.45, 2.75) is 24.6 Å². The van der Waals surface area contributed by atoms with E-state index in [1.807, 2.05) is 0 Å². The van der Waals surface area contributed by atoms with Crippen LogP contribution < -0.4 is 4.74 Å². The molecule has 0 fully saturated rings. The number of halogens is 3. The Morgan fingerprint density at radius 2 is 1.95 bits per heavy atom. The molecular formula is C10H11F3O6PS+. The van der Waals surface area contributed by atoms with Gasteiger partial charge in [-0.2, -0.15) is 8.42 Å². The Labute approximate surface area is 120 Å². The molecule has 1 rings (SSSR count). The second kappa shape index (κ2) is 7.17. The van der Waals surface area contributed by atoms with Gasteiger partial charge in [-0.05, 0) is 22.6 Å². The molecule has 0 amide bonds. The first kappa shape index (κ1) is 17.8. The number of aryl methyl sites for hydroxylation is 1. The first-order valence-electron chi connectivity index (χ1n) is 5.47. The summed E-state index contributed by atoms with van der Waals surface area (Å²) in [4.78, 5) is -0.734. The average Bonchev–Trinajstić information content (AvgIpc) is 2.36. The number of hydrogen-bond donors (Lipinski definition) is 0. The molecule has 0 aliphatic rings. The van der Waals surface area contributed by atoms with E-state index in [0.29, 0.717) is 0 Å². The maximum Gasteiger partial charge on any atom is 0.573 e. The van der Waals surface area contributed by atoms with Crippen LogP contribution in [0.15, 0.2) is 23.1 Å². The van der Waals surface area contributed by atoms with Gasteiger partial charge in [0.2, 0.25) is 6.79 Å². The highest BCUT2D eigenvalue weighted by Gasteiger charge is 2.35. The monoisotopic (exact) mass is 347 g/mol. The van der Waals surface area contributed by atoms with Crippen molar-refractivity contribution in [3.63, 3.8) is 0 Å². The molecular weight excluding hydrogens is 336 g/mol. The number of rotatable bonds is 7. The molecule has 0 saturated carbocycles. The van der Waals surface area contributed by atoms with Gasteiger partial charge >= 0.3 is 25.2 Å². The van der Waals surface area contributed by atoms with Crippen LogP contribution in [0.1, 0.15) is 12.5 Å². The standard InChI is InChI=1S/C10H11F3O6PS/c1-2-7-4-3-5-8(19-10(11,12)13)9(7)21(15,16)18-6-17-20-14/h3-5,20H,2,6H2,1H3/q+1. The van der Waals surface area contributed by atoms with Gasteiger partial charge in [0.1, 0.15) is 4.90 Å². The molecule has 1 atom stereocenters. The third-order valence-electron chi connectivity index (χ3n) is 2.24. The molecule has 0 heterocycles. The van der Waals surface area contributed by atoms with Gasteiger partial charge < -0.3 is 4.74 Å². The summed E-state index contributed by atoms with van der Waals surface area (Å²) in [6.07, 6.45) is -4.92. The summed E-state index contributed by atoms with van der Waals surface area (Å²) in [6, 6.07) is 3.42. The quantitative estimate of drug-likeness (QED) is 0.327. The summed E-state index contributed by atoms with van der Waals surface area (Å²) < 4.78 is 83.2. The maximum atomic E-state index is 12.3. The predicted molar refractivity (Wildman–Crippen MR) is 65.7 cm³/mol. The summed E-state index contributed by atoms with van der Waals surface area (Å²) >= 11 is 0. The van der Waals surface area contributed by atoms with E-state index in [0.717, 1.165) is 6.07 Å². The zero-order chi connectivity index (χ0) is 16.1. The van der Waals surface area contributed by atoms with Crippen molar-refractivity contribution in [3.05, 3.63) is 23.8 Å². The van der Waals surface area contributed by atoms with E-state index >= 15 is 0 Å². The molecule has 1 aromatic carbocycles. The van der Waals surface area contributed by atoms with Crippen LogP contribution in [0.4, 0.5) is 13.2 Å². The first-order chi connectivity index (χ1) is 9.71. The Kier molecular flexibility index (Phi) is 6.09. The Morgan fingerprint density at radius 1 is 1.29 bits per heavy atom. The molecule has 1 unspecified atom stereocenters. The van der Waals surface area contributed by atoms with Gasteiger partial charge in [0.15, 0.2) is 5.75 Å². The first-order valence-corrected chi connectivity index (χ1v) is 7.69. The number of hydrogen-bond acceptors (Lipinski definition) is 6. The summed E-state index contributed by atoms with van der Waals surface area (Å²) in [5.41, 5.74) is 0.0846. The van der Waals surface area contributed by atoms with Crippen molar-refractivity contribution < 1.29 is 39.6 Å². The Balaban J connectivity index is 3.27. The second-order valence-corrected chi connectivity index (χ2v) is 5.57. The summed E-state index contributed by atoms with van der Waals surface area (Å²) in [7, 11) is -5.83. The Bertz CT molecular complexity index is 601. The fourth-order valence-electron chi connectivity index (χ4n) is 1.50. The topological polar surface area (TPSA) is 78.9 Å². The number of benzene rings is 1. The summed E-state index contributed by atoms with van der Waals surface area (Å²) in [5, 5.41) is 0. The van der Waals surface area contributed by atoms with Crippen LogP contribution in [0, 0.1) is 0 Å². The Morgan fingerprint density at radius 3 is 2.48 bits per heavy atom. The van der Waals surface area contributed by atoms with Gasteiger partial charge in [0.25, 0.3) is 0 Å². The molecule has 21 heavy (non-hydrogen) atoms. The SMILES string of the molecule is CCc1cccc(OC(F)(F)F)c1S(=O)(=O)OCO[PH+]=O. The van der Waals surface area contributed by atoms with Crippen molar-refractivity contribution in [2.24, 2.45) is 0 Å². The maximum absolute atomic E-state index is 12.3. The molecule has 11 heteroatoms. The molecule has 0 aromatic heterocycles. The highest BCUT2D eigenvalue weighted by Crippen LogP contribution is 2.33. The van der Waals surface area contributed by atoms with Crippen LogP contribution >= 0.6 is 8.69 Å². The van der Waals surface area contributed by atoms with E-state index in [-0.39, 0.29) is 12.0 Å². The van der Waals surface area contributed by atoms with Gasteiger partial charge in [0, 0.05) is 0 Å². The highest BCUT2D eigenvalue weighted by molar-refractivity contribution is 7.87. The van der Waals surface area contributed by atoms with Gasteiger partial charge in [-0.3, -0.25) is 0 Å². The lowest BCUT2D eigenvalue weighted by Crippen LogP contribution is -2.20. The van der Waals surface area contributed by atoms with Crippen molar-refractivity contribution in [2.75, 3.05) is 6.79 Å². The lowest BCUT2D eigenvalue weighted by Gasteiger charge is -2.15. The summed E-state index contributed by atoms with van der Waals surface area (Å²) in [5.74, 6) is -0.897. The Hall–Kier alpha value is -1.22. The fraction of sp³-hybridized carbons (Fsp3) is 0.400. The molecule has 0 aliphatic carbocycles. The van der Waals surface area contributed by atoms with Gasteiger partial charge in [0.05, 0.1) is 0 Å². The smallest absolute Gasteiger partial charge is 0.404 e. The second-order valence-electron chi connectivity index (χ2n) is 3.56. The van der Waals surface area contributed by atoms with Gasteiger partial charge in [-0.15, -0.1) is 17.7 Å². The van der Waals surface area contributed by atoms with Crippen molar-refractivity contribution in [1.82, 2.24) is 0 Å². The third kappa shape index (κ3) is 5.24. The van der Waals surface area contributed by atoms with E-state index in [2.05, 4.69) is 13.4 Å². The lowest BCUT2D eigenvalue weighted by molar-refractivity contribution is -0.275. The zero-order valence-electron chi connectivity index (χ0n) is 10.6. The molecule has 0 spiro atoms. The van der Waals surface area contributed by atoms with Gasteiger partial charge in [-0.1, -0.05) is 19.1 Å². The molecule has 6 nitrogen and oxygen atoms in total. The minimum absolute atomic E-state index is 0.0846. The van der Waals surface area contributed by atoms with Crippen LogP contribution in [0.25, 0.3) is 0 Å². The average molecular weight is 347 g/mol. The van der Waals surface area contributed by atoms with E-state index in [1.54, 1.807) is 6.92 Å². The van der Waals surface area contributed by atoms with Crippen LogP contribution in [0.5, 0.6) is 5.75 Å². The van der Waals surface area contributed by atoms with Crippen molar-refractivity contribution in [1.29, 1.82) is 0 Å². The minimum atomic E-state index is -5.05. The normalized spacial score (nSPS) is 12.6. The van der Waals surface area contributed by atoms with Gasteiger partial charge in [-0.25, -0.2) is 4.18 Å². The molecule has 0 saturated heterocycles. The van der Waals surface area contributed by atoms with E-state index < -0.39 is 42.6 Å². The predicted octanol–water partition coefficient (Wildman–Crippen LogP) is 2.77. The molecule has 0 N–H and O–H groups in total. The molecule has 118 valence electrons. The van der Waals surface area contributed by atoms with Crippen molar-refractivity contribution >= 4 is 18.8 Å². The third-order valence-corrected chi connectivity index (χ3v) is 3.84. The van der Waals surface area contributed by atoms with Crippen LogP contribution in [0.2, 0.25) is 0 Å².